The maximum atomic E-state index is 13.0. The number of aryl methyl sites for hydroxylation is 1. The highest BCUT2D eigenvalue weighted by molar-refractivity contribution is 5.69. The summed E-state index contributed by atoms with van der Waals surface area (Å²) < 4.78 is 29.0. The van der Waals surface area contributed by atoms with Gasteiger partial charge in [-0.15, -0.1) is 5.10 Å². The van der Waals surface area contributed by atoms with Crippen molar-refractivity contribution in [3.8, 4) is 22.8 Å². The van der Waals surface area contributed by atoms with Crippen molar-refractivity contribution >= 4 is 5.97 Å². The molecular weight excluding hydrogens is 395 g/mol. The van der Waals surface area contributed by atoms with Gasteiger partial charge in [0.1, 0.15) is 12.4 Å². The molecule has 0 spiro atoms. The van der Waals surface area contributed by atoms with Gasteiger partial charge in [0.05, 0.1) is 0 Å². The highest BCUT2D eigenvalue weighted by Crippen LogP contribution is 2.20. The predicted molar refractivity (Wildman–Crippen MR) is 100 cm³/mol. The summed E-state index contributed by atoms with van der Waals surface area (Å²) in [6.07, 6.45) is 0. The van der Waals surface area contributed by atoms with E-state index in [9.17, 15) is 14.0 Å². The van der Waals surface area contributed by atoms with Crippen LogP contribution in [0.15, 0.2) is 62.3 Å². The van der Waals surface area contributed by atoms with Crippen LogP contribution in [0.2, 0.25) is 0 Å². The van der Waals surface area contributed by atoms with E-state index in [-0.39, 0.29) is 18.4 Å². The molecule has 0 amide bonds. The second-order valence-electron chi connectivity index (χ2n) is 6.32. The van der Waals surface area contributed by atoms with Gasteiger partial charge in [0.25, 0.3) is 5.89 Å². The van der Waals surface area contributed by atoms with Gasteiger partial charge in [-0.05, 0) is 36.8 Å². The van der Waals surface area contributed by atoms with E-state index in [4.69, 9.17) is 13.7 Å². The summed E-state index contributed by atoms with van der Waals surface area (Å²) in [5, 5.41) is 7.80. The Morgan fingerprint density at radius 3 is 2.70 bits per heavy atom. The summed E-state index contributed by atoms with van der Waals surface area (Å²) >= 11 is 0. The summed E-state index contributed by atoms with van der Waals surface area (Å²) in [6.45, 7) is 1.19. The average molecular weight is 410 g/mol. The molecule has 0 N–H and O–H groups in total. The van der Waals surface area contributed by atoms with Crippen LogP contribution in [0.4, 0.5) is 4.39 Å². The first-order valence-corrected chi connectivity index (χ1v) is 8.88. The van der Waals surface area contributed by atoms with Crippen LogP contribution in [0.3, 0.4) is 0 Å². The lowest BCUT2D eigenvalue weighted by molar-refractivity contribution is -0.146. The van der Waals surface area contributed by atoms with Crippen LogP contribution < -0.4 is 5.76 Å². The van der Waals surface area contributed by atoms with Crippen LogP contribution in [0.1, 0.15) is 11.5 Å². The van der Waals surface area contributed by atoms with Crippen molar-refractivity contribution in [2.45, 2.75) is 20.1 Å². The number of hydrogen-bond acceptors (Lipinski definition) is 8. The zero-order valence-corrected chi connectivity index (χ0v) is 15.7. The number of esters is 1. The summed E-state index contributed by atoms with van der Waals surface area (Å²) in [6, 6.07) is 12.8. The molecule has 4 aromatic rings. The Kier molecular flexibility index (Phi) is 5.21. The molecule has 0 unspecified atom stereocenters. The molecule has 0 atom stereocenters. The van der Waals surface area contributed by atoms with Gasteiger partial charge >= 0.3 is 11.7 Å². The van der Waals surface area contributed by atoms with Crippen molar-refractivity contribution in [2.75, 3.05) is 0 Å². The topological polar surface area (TPSA) is 113 Å². The minimum absolute atomic E-state index is 0.0347. The Balaban J connectivity index is 1.38. The Bertz CT molecular complexity index is 1240. The molecule has 2 heterocycles. The van der Waals surface area contributed by atoms with E-state index in [2.05, 4.69) is 15.2 Å². The van der Waals surface area contributed by atoms with Crippen molar-refractivity contribution in [3.05, 3.63) is 76.4 Å². The number of halogens is 1. The van der Waals surface area contributed by atoms with Crippen LogP contribution in [0, 0.1) is 12.7 Å². The van der Waals surface area contributed by atoms with Crippen molar-refractivity contribution in [1.29, 1.82) is 0 Å². The molecular formula is C20H15FN4O5. The minimum Gasteiger partial charge on any atom is -0.454 e. The van der Waals surface area contributed by atoms with E-state index in [1.807, 2.05) is 31.2 Å². The van der Waals surface area contributed by atoms with Gasteiger partial charge in [-0.1, -0.05) is 29.4 Å². The maximum absolute atomic E-state index is 13.0. The standard InChI is InChI=1S/C20H15FN4O5/c1-12-4-2-3-5-15(12)18-22-16(30-24-18)11-28-17(26)10-25-20(27)29-19(23-25)13-6-8-14(21)9-7-13/h2-9H,10-11H2,1H3. The molecule has 2 aromatic carbocycles. The molecule has 2 aromatic heterocycles. The van der Waals surface area contributed by atoms with Crippen LogP contribution >= 0.6 is 0 Å². The molecule has 30 heavy (non-hydrogen) atoms. The summed E-state index contributed by atoms with van der Waals surface area (Å²) in [5.41, 5.74) is 2.18. The number of carbonyl (C=O) groups excluding carboxylic acids is 1. The molecule has 4 rings (SSSR count). The van der Waals surface area contributed by atoms with Crippen LogP contribution in [0.5, 0.6) is 0 Å². The molecule has 0 saturated heterocycles. The number of rotatable bonds is 6. The summed E-state index contributed by atoms with van der Waals surface area (Å²) in [4.78, 5) is 28.1. The van der Waals surface area contributed by atoms with Crippen LogP contribution in [0.25, 0.3) is 22.8 Å². The molecule has 9 nitrogen and oxygen atoms in total. The third-order valence-corrected chi connectivity index (χ3v) is 4.19. The monoisotopic (exact) mass is 410 g/mol. The lowest BCUT2D eigenvalue weighted by Gasteiger charge is -2.00. The Morgan fingerprint density at radius 1 is 1.17 bits per heavy atom. The van der Waals surface area contributed by atoms with Gasteiger partial charge in [-0.3, -0.25) is 4.79 Å². The summed E-state index contributed by atoms with van der Waals surface area (Å²) in [5.74, 6) is -1.56. The second-order valence-corrected chi connectivity index (χ2v) is 6.32. The lowest BCUT2D eigenvalue weighted by atomic mass is 10.1. The van der Waals surface area contributed by atoms with Gasteiger partial charge in [0, 0.05) is 11.1 Å². The molecule has 0 aliphatic rings. The van der Waals surface area contributed by atoms with E-state index >= 15 is 0 Å². The number of nitrogens with zero attached hydrogens (tertiary/aromatic N) is 4. The fourth-order valence-electron chi connectivity index (χ4n) is 2.67. The van der Waals surface area contributed by atoms with Crippen molar-refractivity contribution in [3.63, 3.8) is 0 Å². The Hall–Kier alpha value is -4.08. The van der Waals surface area contributed by atoms with Gasteiger partial charge in [-0.2, -0.15) is 9.67 Å². The zero-order chi connectivity index (χ0) is 21.1. The van der Waals surface area contributed by atoms with Crippen LogP contribution in [-0.4, -0.2) is 25.9 Å². The van der Waals surface area contributed by atoms with E-state index in [0.717, 1.165) is 15.8 Å². The first-order valence-electron chi connectivity index (χ1n) is 8.88. The minimum atomic E-state index is -0.842. The zero-order valence-electron chi connectivity index (χ0n) is 15.7. The van der Waals surface area contributed by atoms with E-state index < -0.39 is 24.1 Å². The largest absolute Gasteiger partial charge is 0.454 e. The normalized spacial score (nSPS) is 10.9. The second kappa shape index (κ2) is 8.11. The average Bonchev–Trinajstić information content (AvgIpc) is 3.34. The quantitative estimate of drug-likeness (QED) is 0.446. The molecule has 0 radical (unpaired) electrons. The van der Waals surface area contributed by atoms with Gasteiger partial charge < -0.3 is 13.7 Å². The summed E-state index contributed by atoms with van der Waals surface area (Å²) in [7, 11) is 0. The highest BCUT2D eigenvalue weighted by atomic mass is 19.1. The van der Waals surface area contributed by atoms with Crippen molar-refractivity contribution < 1.29 is 22.9 Å². The van der Waals surface area contributed by atoms with Crippen molar-refractivity contribution in [2.24, 2.45) is 0 Å². The smallest absolute Gasteiger partial charge is 0.437 e. The van der Waals surface area contributed by atoms with Crippen LogP contribution in [-0.2, 0) is 22.7 Å². The Labute approximate surface area is 168 Å². The first-order chi connectivity index (χ1) is 14.5. The van der Waals surface area contributed by atoms with Crippen molar-refractivity contribution in [1.82, 2.24) is 19.9 Å². The number of benzene rings is 2. The highest BCUT2D eigenvalue weighted by Gasteiger charge is 2.16. The number of ether oxygens (including phenoxy) is 1. The SMILES string of the molecule is Cc1ccccc1-c1noc(COC(=O)Cn2nc(-c3ccc(F)cc3)oc2=O)n1. The third-order valence-electron chi connectivity index (χ3n) is 4.19. The molecule has 0 saturated carbocycles. The van der Waals surface area contributed by atoms with Gasteiger partial charge in [-0.25, -0.2) is 9.18 Å². The van der Waals surface area contributed by atoms with E-state index in [1.165, 1.54) is 24.3 Å². The number of aromatic nitrogens is 4. The number of carbonyl (C=O) groups is 1. The predicted octanol–water partition coefficient (Wildman–Crippen LogP) is 2.74. The molecule has 10 heteroatoms. The van der Waals surface area contributed by atoms with E-state index in [1.54, 1.807) is 0 Å². The molecule has 0 aliphatic heterocycles. The number of hydrogen-bond donors (Lipinski definition) is 0. The maximum Gasteiger partial charge on any atom is 0.437 e. The molecule has 152 valence electrons. The Morgan fingerprint density at radius 2 is 1.93 bits per heavy atom. The van der Waals surface area contributed by atoms with Gasteiger partial charge in [0.2, 0.25) is 11.7 Å². The molecule has 0 bridgehead atoms. The fourth-order valence-corrected chi connectivity index (χ4v) is 2.67. The third kappa shape index (κ3) is 4.17. The molecule has 0 fully saturated rings. The van der Waals surface area contributed by atoms with Gasteiger partial charge in [0.15, 0.2) is 6.61 Å². The van der Waals surface area contributed by atoms with E-state index in [0.29, 0.717) is 11.4 Å². The fraction of sp³-hybridized carbons (Fsp3) is 0.150. The molecule has 0 aliphatic carbocycles. The first kappa shape index (κ1) is 19.2. The lowest BCUT2D eigenvalue weighted by Crippen LogP contribution is -2.23.